The normalized spacial score (nSPS) is 28.2. The number of nitrogens with zero attached hydrogens (tertiary/aromatic N) is 1. The van der Waals surface area contributed by atoms with Crippen LogP contribution in [0.25, 0.3) is 0 Å². The van der Waals surface area contributed by atoms with Gasteiger partial charge in [0.1, 0.15) is 11.6 Å². The molecule has 5 heteroatoms. The van der Waals surface area contributed by atoms with Crippen LogP contribution in [0.5, 0.6) is 0 Å². The lowest BCUT2D eigenvalue weighted by atomic mass is 10.1. The van der Waals surface area contributed by atoms with Crippen molar-refractivity contribution in [2.75, 3.05) is 5.75 Å². The van der Waals surface area contributed by atoms with E-state index in [1.807, 2.05) is 0 Å². The van der Waals surface area contributed by atoms with E-state index in [-0.39, 0.29) is 6.54 Å². The highest BCUT2D eigenvalue weighted by atomic mass is 32.2. The number of fused-ring (bicyclic) bond motifs is 1. The minimum atomic E-state index is -0.420. The highest BCUT2D eigenvalue weighted by molar-refractivity contribution is 8.13. The van der Waals surface area contributed by atoms with E-state index in [9.17, 15) is 8.78 Å². The van der Waals surface area contributed by atoms with Crippen molar-refractivity contribution in [3.05, 3.63) is 35.4 Å². The number of hydrogen-bond acceptors (Lipinski definition) is 2. The summed E-state index contributed by atoms with van der Waals surface area (Å²) in [5, 5.41) is 4.28. The van der Waals surface area contributed by atoms with Crippen LogP contribution >= 0.6 is 11.8 Å². The van der Waals surface area contributed by atoms with Gasteiger partial charge in [-0.05, 0) is 37.0 Å². The van der Waals surface area contributed by atoms with Gasteiger partial charge in [0, 0.05) is 17.4 Å². The van der Waals surface area contributed by atoms with Gasteiger partial charge < -0.3 is 5.32 Å². The lowest BCUT2D eigenvalue weighted by molar-refractivity contribution is 0.489. The zero-order chi connectivity index (χ0) is 13.2. The number of nitrogens with one attached hydrogen (secondary N) is 1. The number of amidine groups is 1. The first kappa shape index (κ1) is 12.9. The monoisotopic (exact) mass is 282 g/mol. The zero-order valence-corrected chi connectivity index (χ0v) is 11.4. The predicted octanol–water partition coefficient (Wildman–Crippen LogP) is 3.33. The average Bonchev–Trinajstić information content (AvgIpc) is 2.87. The number of rotatable bonds is 2. The maximum absolute atomic E-state index is 13.5. The van der Waals surface area contributed by atoms with Gasteiger partial charge in [-0.1, -0.05) is 18.2 Å². The third-order valence-electron chi connectivity index (χ3n) is 3.80. The molecule has 0 aromatic heterocycles. The fourth-order valence-corrected chi connectivity index (χ4v) is 3.89. The molecule has 0 amide bonds. The molecule has 1 aliphatic heterocycles. The van der Waals surface area contributed by atoms with Crippen LogP contribution in [0.1, 0.15) is 24.8 Å². The highest BCUT2D eigenvalue weighted by Crippen LogP contribution is 2.32. The molecule has 102 valence electrons. The van der Waals surface area contributed by atoms with Crippen molar-refractivity contribution in [2.24, 2.45) is 10.9 Å². The summed E-state index contributed by atoms with van der Waals surface area (Å²) in [6.45, 7) is 0.191. The molecule has 2 nitrogen and oxygen atoms in total. The zero-order valence-electron chi connectivity index (χ0n) is 10.5. The summed E-state index contributed by atoms with van der Waals surface area (Å²) >= 11 is 1.69. The van der Waals surface area contributed by atoms with E-state index in [0.29, 0.717) is 11.6 Å². The van der Waals surface area contributed by atoms with Gasteiger partial charge in [0.05, 0.1) is 6.54 Å². The SMILES string of the molecule is Fc1ccc(F)c(CN=C2NC3CCCC3CS2)c1. The summed E-state index contributed by atoms with van der Waals surface area (Å²) in [5.41, 5.74) is 0.309. The molecule has 0 radical (unpaired) electrons. The van der Waals surface area contributed by atoms with Crippen molar-refractivity contribution in [1.82, 2.24) is 5.32 Å². The lowest BCUT2D eigenvalue weighted by Crippen LogP contribution is -2.41. The van der Waals surface area contributed by atoms with E-state index in [1.54, 1.807) is 11.8 Å². The van der Waals surface area contributed by atoms with Crippen LogP contribution in [0.4, 0.5) is 8.78 Å². The van der Waals surface area contributed by atoms with Gasteiger partial charge in [0.15, 0.2) is 5.17 Å². The first-order valence-corrected chi connectivity index (χ1v) is 7.58. The Labute approximate surface area is 115 Å². The molecule has 2 atom stereocenters. The van der Waals surface area contributed by atoms with Crippen LogP contribution in [-0.2, 0) is 6.54 Å². The van der Waals surface area contributed by atoms with E-state index < -0.39 is 11.6 Å². The second-order valence-electron chi connectivity index (χ2n) is 5.11. The fourth-order valence-electron chi connectivity index (χ4n) is 2.73. The molecule has 2 unspecified atom stereocenters. The predicted molar refractivity (Wildman–Crippen MR) is 74.2 cm³/mol. The molecule has 1 aliphatic carbocycles. The number of aliphatic imine (C=N–C) groups is 1. The van der Waals surface area contributed by atoms with Crippen LogP contribution in [-0.4, -0.2) is 17.0 Å². The van der Waals surface area contributed by atoms with Crippen molar-refractivity contribution >= 4 is 16.9 Å². The van der Waals surface area contributed by atoms with Crippen LogP contribution in [0, 0.1) is 17.6 Å². The van der Waals surface area contributed by atoms with E-state index in [0.717, 1.165) is 29.0 Å². The first-order valence-electron chi connectivity index (χ1n) is 6.60. The standard InChI is InChI=1S/C14H16F2N2S/c15-11-4-5-12(16)10(6-11)7-17-14-18-13-3-1-2-9(13)8-19-14/h4-6,9,13H,1-3,7-8H2,(H,17,18). The minimum absolute atomic E-state index is 0.191. The summed E-state index contributed by atoms with van der Waals surface area (Å²) in [6, 6.07) is 4.02. The van der Waals surface area contributed by atoms with Crippen molar-refractivity contribution in [1.29, 1.82) is 0 Å². The molecule has 1 N–H and O–H groups in total. The van der Waals surface area contributed by atoms with Gasteiger partial charge in [-0.25, -0.2) is 8.78 Å². The third-order valence-corrected chi connectivity index (χ3v) is 4.92. The fraction of sp³-hybridized carbons (Fsp3) is 0.500. The van der Waals surface area contributed by atoms with E-state index >= 15 is 0 Å². The maximum Gasteiger partial charge on any atom is 0.157 e. The molecule has 0 spiro atoms. The number of hydrogen-bond donors (Lipinski definition) is 1. The molecular weight excluding hydrogens is 266 g/mol. The number of thioether (sulfide) groups is 1. The second kappa shape index (κ2) is 5.49. The Morgan fingerprint density at radius 3 is 3.11 bits per heavy atom. The van der Waals surface area contributed by atoms with E-state index in [2.05, 4.69) is 10.3 Å². The molecule has 0 bridgehead atoms. The maximum atomic E-state index is 13.5. The number of halogens is 2. The van der Waals surface area contributed by atoms with Crippen molar-refractivity contribution in [2.45, 2.75) is 31.8 Å². The highest BCUT2D eigenvalue weighted by Gasteiger charge is 2.31. The molecule has 3 rings (SSSR count). The van der Waals surface area contributed by atoms with E-state index in [4.69, 9.17) is 0 Å². The molecule has 2 aliphatic rings. The molecule has 1 aromatic carbocycles. The van der Waals surface area contributed by atoms with Crippen molar-refractivity contribution in [3.63, 3.8) is 0 Å². The smallest absolute Gasteiger partial charge is 0.157 e. The van der Waals surface area contributed by atoms with Gasteiger partial charge >= 0.3 is 0 Å². The summed E-state index contributed by atoms with van der Waals surface area (Å²) < 4.78 is 26.5. The Bertz CT molecular complexity index is 504. The Hall–Kier alpha value is -1.10. The second-order valence-corrected chi connectivity index (χ2v) is 6.12. The Balaban J connectivity index is 1.67. The topological polar surface area (TPSA) is 24.4 Å². The Morgan fingerprint density at radius 1 is 1.32 bits per heavy atom. The molecule has 19 heavy (non-hydrogen) atoms. The lowest BCUT2D eigenvalue weighted by Gasteiger charge is -2.28. The van der Waals surface area contributed by atoms with E-state index in [1.165, 1.54) is 25.3 Å². The van der Waals surface area contributed by atoms with Crippen LogP contribution in [0.15, 0.2) is 23.2 Å². The third kappa shape index (κ3) is 2.91. The molecule has 1 aromatic rings. The number of benzene rings is 1. The quantitative estimate of drug-likeness (QED) is 0.900. The van der Waals surface area contributed by atoms with Crippen molar-refractivity contribution < 1.29 is 8.78 Å². The Morgan fingerprint density at radius 2 is 2.21 bits per heavy atom. The molecular formula is C14H16F2N2S. The summed E-state index contributed by atoms with van der Waals surface area (Å²) in [4.78, 5) is 4.38. The average molecular weight is 282 g/mol. The molecule has 1 saturated heterocycles. The Kier molecular flexibility index (Phi) is 3.73. The van der Waals surface area contributed by atoms with Crippen LogP contribution in [0.3, 0.4) is 0 Å². The minimum Gasteiger partial charge on any atom is -0.362 e. The van der Waals surface area contributed by atoms with Gasteiger partial charge in [0.25, 0.3) is 0 Å². The van der Waals surface area contributed by atoms with Gasteiger partial charge in [0.2, 0.25) is 0 Å². The van der Waals surface area contributed by atoms with Crippen LogP contribution in [0.2, 0.25) is 0 Å². The van der Waals surface area contributed by atoms with Gasteiger partial charge in [-0.15, -0.1) is 0 Å². The molecule has 2 fully saturated rings. The summed E-state index contributed by atoms with van der Waals surface area (Å²) in [6.07, 6.45) is 3.75. The first-order chi connectivity index (χ1) is 9.22. The molecule has 1 heterocycles. The summed E-state index contributed by atoms with van der Waals surface area (Å²) in [7, 11) is 0. The van der Waals surface area contributed by atoms with Gasteiger partial charge in [-0.2, -0.15) is 0 Å². The largest absolute Gasteiger partial charge is 0.362 e. The summed E-state index contributed by atoms with van der Waals surface area (Å²) in [5.74, 6) is 1.01. The van der Waals surface area contributed by atoms with Crippen LogP contribution < -0.4 is 5.32 Å². The molecule has 1 saturated carbocycles. The van der Waals surface area contributed by atoms with Crippen molar-refractivity contribution in [3.8, 4) is 0 Å². The van der Waals surface area contributed by atoms with Gasteiger partial charge in [-0.3, -0.25) is 4.99 Å².